The zero-order chi connectivity index (χ0) is 20.6. The second-order valence-corrected chi connectivity index (χ2v) is 10.6. The zero-order valence-electron chi connectivity index (χ0n) is 17.6. The highest BCUT2D eigenvalue weighted by atomic mass is 127. The summed E-state index contributed by atoms with van der Waals surface area (Å²) in [5.41, 5.74) is 0. The molecule has 2 saturated heterocycles. The number of amides is 1. The molecule has 0 atom stereocenters. The third kappa shape index (κ3) is 9.15. The summed E-state index contributed by atoms with van der Waals surface area (Å²) in [5, 5.41) is 6.09. The Morgan fingerprint density at radius 2 is 1.72 bits per heavy atom. The van der Waals surface area contributed by atoms with Crippen LogP contribution in [-0.4, -0.2) is 117 Å². The molecule has 0 aliphatic carbocycles. The third-order valence-electron chi connectivity index (χ3n) is 4.71. The van der Waals surface area contributed by atoms with Crippen molar-refractivity contribution in [2.75, 3.05) is 76.7 Å². The van der Waals surface area contributed by atoms with Crippen molar-refractivity contribution in [2.24, 2.45) is 4.99 Å². The fourth-order valence-electron chi connectivity index (χ4n) is 3.27. The van der Waals surface area contributed by atoms with E-state index in [4.69, 9.17) is 0 Å². The summed E-state index contributed by atoms with van der Waals surface area (Å²) in [7, 11) is -1.51. The van der Waals surface area contributed by atoms with Crippen LogP contribution in [0.2, 0.25) is 0 Å². The molecule has 0 aromatic heterocycles. The summed E-state index contributed by atoms with van der Waals surface area (Å²) < 4.78 is 26.5. The Labute approximate surface area is 196 Å². The molecule has 0 bridgehead atoms. The highest BCUT2D eigenvalue weighted by molar-refractivity contribution is 14.0. The number of sulfonamides is 1. The van der Waals surface area contributed by atoms with Crippen LogP contribution in [0.15, 0.2) is 4.99 Å². The molecule has 29 heavy (non-hydrogen) atoms. The van der Waals surface area contributed by atoms with E-state index in [0.717, 1.165) is 43.6 Å². The lowest BCUT2D eigenvalue weighted by atomic mass is 10.3. The van der Waals surface area contributed by atoms with Crippen LogP contribution in [0, 0.1) is 0 Å². The van der Waals surface area contributed by atoms with Gasteiger partial charge in [-0.05, 0) is 13.8 Å². The molecule has 0 unspecified atom stereocenters. The predicted octanol–water partition coefficient (Wildman–Crippen LogP) is -0.299. The van der Waals surface area contributed by atoms with Crippen LogP contribution in [0.5, 0.6) is 0 Å². The second-order valence-electron chi connectivity index (χ2n) is 7.29. The van der Waals surface area contributed by atoms with E-state index in [1.54, 1.807) is 23.1 Å². The van der Waals surface area contributed by atoms with E-state index in [1.807, 2.05) is 13.8 Å². The van der Waals surface area contributed by atoms with E-state index >= 15 is 0 Å². The van der Waals surface area contributed by atoms with Gasteiger partial charge in [-0.3, -0.25) is 14.7 Å². The van der Waals surface area contributed by atoms with Crippen molar-refractivity contribution in [1.29, 1.82) is 0 Å². The number of thioether (sulfide) groups is 1. The molecule has 0 radical (unpaired) electrons. The van der Waals surface area contributed by atoms with Gasteiger partial charge in [-0.25, -0.2) is 12.7 Å². The number of guanidine groups is 1. The Morgan fingerprint density at radius 3 is 2.28 bits per heavy atom. The minimum Gasteiger partial charge on any atom is -0.355 e. The van der Waals surface area contributed by atoms with Gasteiger partial charge in [-0.1, -0.05) is 0 Å². The molecule has 2 heterocycles. The average molecular weight is 563 g/mol. The van der Waals surface area contributed by atoms with Crippen LogP contribution in [0.3, 0.4) is 0 Å². The van der Waals surface area contributed by atoms with E-state index in [0.29, 0.717) is 26.2 Å². The van der Waals surface area contributed by atoms with Gasteiger partial charge in [0.1, 0.15) is 0 Å². The molecule has 0 spiro atoms. The SMILES string of the molecule is CN=C(NCCS(=O)(=O)N1CCSCC1)N1CCN(CC(=O)NC(C)C)CC1.I. The van der Waals surface area contributed by atoms with E-state index in [2.05, 4.69) is 25.4 Å². The Hall–Kier alpha value is -0.310. The largest absolute Gasteiger partial charge is 0.355 e. The first kappa shape index (κ1) is 26.7. The van der Waals surface area contributed by atoms with Gasteiger partial charge in [0.25, 0.3) is 0 Å². The van der Waals surface area contributed by atoms with Crippen LogP contribution in [0.1, 0.15) is 13.8 Å². The van der Waals surface area contributed by atoms with Gasteiger partial charge in [-0.2, -0.15) is 11.8 Å². The van der Waals surface area contributed by atoms with Gasteiger partial charge in [0.2, 0.25) is 15.9 Å². The minimum absolute atomic E-state index is 0. The van der Waals surface area contributed by atoms with Crippen molar-refractivity contribution in [3.63, 3.8) is 0 Å². The van der Waals surface area contributed by atoms with E-state index < -0.39 is 10.0 Å². The standard InChI is InChI=1S/C17H34N6O3S2.HI/c1-15(2)20-16(24)14-21-5-7-22(8-6-21)17(18-3)19-4-13-28(25,26)23-9-11-27-12-10-23;/h15H,4-14H2,1-3H3,(H,18,19)(H,20,24);1H. The lowest BCUT2D eigenvalue weighted by Crippen LogP contribution is -2.54. The fraction of sp³-hybridized carbons (Fsp3) is 0.882. The van der Waals surface area contributed by atoms with Gasteiger partial charge >= 0.3 is 0 Å². The Kier molecular flexibility index (Phi) is 12.1. The highest BCUT2D eigenvalue weighted by Gasteiger charge is 2.25. The molecule has 9 nitrogen and oxygen atoms in total. The first-order chi connectivity index (χ1) is 13.3. The van der Waals surface area contributed by atoms with Crippen molar-refractivity contribution in [3.05, 3.63) is 0 Å². The third-order valence-corrected chi connectivity index (χ3v) is 7.52. The average Bonchev–Trinajstić information content (AvgIpc) is 2.66. The smallest absolute Gasteiger partial charge is 0.234 e. The van der Waals surface area contributed by atoms with Crippen molar-refractivity contribution in [3.8, 4) is 0 Å². The summed E-state index contributed by atoms with van der Waals surface area (Å²) in [6, 6.07) is 0.150. The zero-order valence-corrected chi connectivity index (χ0v) is 21.6. The van der Waals surface area contributed by atoms with Gasteiger partial charge < -0.3 is 15.5 Å². The number of halogens is 1. The molecule has 2 aliphatic heterocycles. The molecule has 2 N–H and O–H groups in total. The first-order valence-corrected chi connectivity index (χ1v) is 12.6. The Bertz CT molecular complexity index is 633. The maximum Gasteiger partial charge on any atom is 0.234 e. The maximum absolute atomic E-state index is 12.4. The quantitative estimate of drug-likeness (QED) is 0.250. The molecule has 2 fully saturated rings. The molecule has 0 aromatic rings. The van der Waals surface area contributed by atoms with Crippen LogP contribution in [-0.2, 0) is 14.8 Å². The summed E-state index contributed by atoms with van der Waals surface area (Å²) in [6.07, 6.45) is 0. The predicted molar refractivity (Wildman–Crippen MR) is 131 cm³/mol. The maximum atomic E-state index is 12.4. The van der Waals surface area contributed by atoms with E-state index in [9.17, 15) is 13.2 Å². The molecule has 1 amide bonds. The molecule has 2 rings (SSSR count). The van der Waals surface area contributed by atoms with Gasteiger partial charge in [0.15, 0.2) is 5.96 Å². The van der Waals surface area contributed by atoms with Crippen molar-refractivity contribution < 1.29 is 13.2 Å². The van der Waals surface area contributed by atoms with Crippen LogP contribution < -0.4 is 10.6 Å². The number of hydrogen-bond acceptors (Lipinski definition) is 6. The number of nitrogens with zero attached hydrogens (tertiary/aromatic N) is 4. The van der Waals surface area contributed by atoms with Gasteiger partial charge in [0.05, 0.1) is 12.3 Å². The van der Waals surface area contributed by atoms with Crippen molar-refractivity contribution in [2.45, 2.75) is 19.9 Å². The number of carbonyl (C=O) groups is 1. The van der Waals surface area contributed by atoms with Crippen LogP contribution >= 0.6 is 35.7 Å². The summed E-state index contributed by atoms with van der Waals surface area (Å²) in [6.45, 7) is 8.93. The second kappa shape index (κ2) is 13.2. The Morgan fingerprint density at radius 1 is 1.10 bits per heavy atom. The highest BCUT2D eigenvalue weighted by Crippen LogP contribution is 2.13. The van der Waals surface area contributed by atoms with Crippen LogP contribution in [0.25, 0.3) is 0 Å². The number of nitrogens with one attached hydrogen (secondary N) is 2. The molecule has 12 heteroatoms. The number of carbonyl (C=O) groups excluding carboxylic acids is 1. The molecule has 170 valence electrons. The van der Waals surface area contributed by atoms with Crippen molar-refractivity contribution in [1.82, 2.24) is 24.7 Å². The summed E-state index contributed by atoms with van der Waals surface area (Å²) >= 11 is 1.80. The fourth-order valence-corrected chi connectivity index (χ4v) is 5.76. The summed E-state index contributed by atoms with van der Waals surface area (Å²) in [5.74, 6) is 2.58. The Balaban J connectivity index is 0.00000420. The van der Waals surface area contributed by atoms with Gasteiger partial charge in [-0.15, -0.1) is 24.0 Å². The van der Waals surface area contributed by atoms with Crippen molar-refractivity contribution >= 4 is 57.6 Å². The normalized spacial score (nSPS) is 19.7. The lowest BCUT2D eigenvalue weighted by molar-refractivity contribution is -0.123. The molecular formula is C17H35IN6O3S2. The van der Waals surface area contributed by atoms with Gasteiger partial charge in [0, 0.05) is 70.4 Å². The molecule has 0 aromatic carbocycles. The molecule has 0 saturated carbocycles. The molecule has 2 aliphatic rings. The molecular weight excluding hydrogens is 527 g/mol. The van der Waals surface area contributed by atoms with E-state index in [1.165, 1.54) is 0 Å². The first-order valence-electron chi connectivity index (χ1n) is 9.84. The number of aliphatic imine (C=N–C) groups is 1. The van der Waals surface area contributed by atoms with E-state index in [-0.39, 0.29) is 41.7 Å². The topological polar surface area (TPSA) is 97.3 Å². The summed E-state index contributed by atoms with van der Waals surface area (Å²) in [4.78, 5) is 20.4. The monoisotopic (exact) mass is 562 g/mol. The van der Waals surface area contributed by atoms with Crippen LogP contribution in [0.4, 0.5) is 0 Å². The number of rotatable bonds is 7. The lowest BCUT2D eigenvalue weighted by Gasteiger charge is -2.36. The number of piperazine rings is 1. The minimum atomic E-state index is -3.22. The number of hydrogen-bond donors (Lipinski definition) is 2.